The number of sulfonamides is 1. The molecule has 0 atom stereocenters. The molecule has 0 saturated carbocycles. The van der Waals surface area contributed by atoms with Crippen LogP contribution in [0.1, 0.15) is 5.56 Å². The van der Waals surface area contributed by atoms with Gasteiger partial charge in [0.25, 0.3) is 0 Å². The Morgan fingerprint density at radius 3 is 2.76 bits per heavy atom. The van der Waals surface area contributed by atoms with E-state index in [2.05, 4.69) is 15.0 Å². The van der Waals surface area contributed by atoms with Gasteiger partial charge in [-0.3, -0.25) is 10.2 Å². The van der Waals surface area contributed by atoms with E-state index in [9.17, 15) is 17.6 Å². The number of benzene rings is 2. The quantitative estimate of drug-likeness (QED) is 0.520. The van der Waals surface area contributed by atoms with Gasteiger partial charge >= 0.3 is 6.03 Å². The van der Waals surface area contributed by atoms with Crippen LogP contribution in [0.15, 0.2) is 53.6 Å². The van der Waals surface area contributed by atoms with Gasteiger partial charge in [-0.2, -0.15) is 0 Å². The van der Waals surface area contributed by atoms with Crippen molar-refractivity contribution in [3.05, 3.63) is 60.0 Å². The Kier molecular flexibility index (Phi) is 6.61. The zero-order valence-electron chi connectivity index (χ0n) is 17.7. The van der Waals surface area contributed by atoms with Crippen LogP contribution in [0.25, 0.3) is 0 Å². The fourth-order valence-electron chi connectivity index (χ4n) is 2.98. The highest BCUT2D eigenvalue weighted by molar-refractivity contribution is 7.89. The van der Waals surface area contributed by atoms with Crippen LogP contribution < -0.4 is 19.7 Å². The van der Waals surface area contributed by atoms with Crippen molar-refractivity contribution in [1.82, 2.24) is 9.71 Å². The molecule has 2 amide bonds. The van der Waals surface area contributed by atoms with Crippen molar-refractivity contribution in [1.29, 1.82) is 0 Å². The molecule has 0 aliphatic carbocycles. The first-order chi connectivity index (χ1) is 15.7. The lowest BCUT2D eigenvalue weighted by Gasteiger charge is -2.27. The molecule has 0 spiro atoms. The fraction of sp³-hybridized carbons (Fsp3) is 0.238. The summed E-state index contributed by atoms with van der Waals surface area (Å²) in [4.78, 5) is 18.2. The average molecular weight is 493 g/mol. The molecule has 2 N–H and O–H groups in total. The standard InChI is InChI=1S/C21H21FN4O5S2/c1-13-6-7-16(9-18(13)33(28,29)25-15-11-30-12-15)26(2)21(27)24-20-23-10-19(32-20)31-17-5-3-4-14(22)8-17/h3-10,15,25H,11-12H2,1-2H3,(H,23,24,27). The molecule has 2 aromatic carbocycles. The Hall–Kier alpha value is -3.06. The van der Waals surface area contributed by atoms with Crippen molar-refractivity contribution in [2.45, 2.75) is 17.9 Å². The number of anilines is 2. The molecule has 9 nitrogen and oxygen atoms in total. The minimum absolute atomic E-state index is 0.0894. The van der Waals surface area contributed by atoms with Crippen molar-refractivity contribution in [2.75, 3.05) is 30.5 Å². The predicted octanol–water partition coefficient (Wildman–Crippen LogP) is 3.73. The van der Waals surface area contributed by atoms with Crippen molar-refractivity contribution >= 4 is 38.2 Å². The second kappa shape index (κ2) is 9.43. The minimum atomic E-state index is -3.76. The summed E-state index contributed by atoms with van der Waals surface area (Å²) in [6.07, 6.45) is 1.41. The Balaban J connectivity index is 1.44. The monoisotopic (exact) mass is 492 g/mol. The molecule has 1 saturated heterocycles. The molecular weight excluding hydrogens is 471 g/mol. The predicted molar refractivity (Wildman–Crippen MR) is 122 cm³/mol. The molecule has 1 aromatic heterocycles. The second-order valence-electron chi connectivity index (χ2n) is 7.34. The van der Waals surface area contributed by atoms with Gasteiger partial charge in [0, 0.05) is 18.8 Å². The molecule has 3 aromatic rings. The van der Waals surface area contributed by atoms with Crippen LogP contribution in [-0.2, 0) is 14.8 Å². The first-order valence-corrected chi connectivity index (χ1v) is 12.2. The van der Waals surface area contributed by atoms with Crippen LogP contribution >= 0.6 is 11.3 Å². The van der Waals surface area contributed by atoms with Crippen molar-refractivity contribution < 1.29 is 27.1 Å². The Labute approximate surface area is 194 Å². The van der Waals surface area contributed by atoms with Gasteiger partial charge in [0.2, 0.25) is 15.1 Å². The summed E-state index contributed by atoms with van der Waals surface area (Å²) in [6, 6.07) is 9.63. The summed E-state index contributed by atoms with van der Waals surface area (Å²) in [5, 5.41) is 3.28. The number of carbonyl (C=O) groups excluding carboxylic acids is 1. The molecule has 0 radical (unpaired) electrons. The van der Waals surface area contributed by atoms with Crippen molar-refractivity contribution in [3.8, 4) is 10.8 Å². The third-order valence-electron chi connectivity index (χ3n) is 4.83. The molecule has 12 heteroatoms. The molecule has 0 unspecified atom stereocenters. The molecular formula is C21H21FN4O5S2. The first-order valence-electron chi connectivity index (χ1n) is 9.86. The largest absolute Gasteiger partial charge is 0.445 e. The number of urea groups is 1. The van der Waals surface area contributed by atoms with Gasteiger partial charge in [-0.1, -0.05) is 23.5 Å². The van der Waals surface area contributed by atoms with Gasteiger partial charge in [-0.25, -0.2) is 27.3 Å². The summed E-state index contributed by atoms with van der Waals surface area (Å²) in [6.45, 7) is 2.35. The average Bonchev–Trinajstić information content (AvgIpc) is 3.17. The van der Waals surface area contributed by atoms with E-state index in [-0.39, 0.29) is 16.1 Å². The maximum absolute atomic E-state index is 13.3. The lowest BCUT2D eigenvalue weighted by atomic mass is 10.2. The molecule has 4 rings (SSSR count). The summed E-state index contributed by atoms with van der Waals surface area (Å²) in [5.74, 6) is -0.119. The highest BCUT2D eigenvalue weighted by atomic mass is 32.2. The van der Waals surface area contributed by atoms with Gasteiger partial charge in [0.05, 0.1) is 30.3 Å². The Morgan fingerprint density at radius 2 is 2.06 bits per heavy atom. The number of ether oxygens (including phenoxy) is 2. The maximum atomic E-state index is 13.3. The molecule has 33 heavy (non-hydrogen) atoms. The van der Waals surface area contributed by atoms with E-state index in [4.69, 9.17) is 9.47 Å². The third kappa shape index (κ3) is 5.47. The van der Waals surface area contributed by atoms with Crippen LogP contribution in [0.2, 0.25) is 0 Å². The smallest absolute Gasteiger partial charge is 0.327 e. The van der Waals surface area contributed by atoms with Gasteiger partial charge in [0.1, 0.15) is 11.6 Å². The normalized spacial score (nSPS) is 13.9. The molecule has 1 aliphatic rings. The van der Waals surface area contributed by atoms with E-state index in [1.807, 2.05) is 0 Å². The van der Waals surface area contributed by atoms with Gasteiger partial charge in [-0.05, 0) is 36.8 Å². The SMILES string of the molecule is Cc1ccc(N(C)C(=O)Nc2ncc(Oc3cccc(F)c3)s2)cc1S(=O)(=O)NC1COC1. The second-order valence-corrected chi connectivity index (χ2v) is 10.0. The zero-order valence-corrected chi connectivity index (χ0v) is 19.4. The molecule has 1 aliphatic heterocycles. The van der Waals surface area contributed by atoms with E-state index in [0.29, 0.717) is 35.3 Å². The van der Waals surface area contributed by atoms with Gasteiger partial charge < -0.3 is 9.47 Å². The number of amides is 2. The van der Waals surface area contributed by atoms with E-state index in [1.54, 1.807) is 25.1 Å². The minimum Gasteiger partial charge on any atom is -0.445 e. The van der Waals surface area contributed by atoms with E-state index >= 15 is 0 Å². The number of aryl methyl sites for hydroxylation is 1. The van der Waals surface area contributed by atoms with E-state index in [0.717, 1.165) is 11.3 Å². The van der Waals surface area contributed by atoms with Crippen LogP contribution in [-0.4, -0.2) is 45.7 Å². The molecule has 174 valence electrons. The van der Waals surface area contributed by atoms with E-state index in [1.165, 1.54) is 42.4 Å². The lowest BCUT2D eigenvalue weighted by Crippen LogP contribution is -2.48. The number of nitrogens with one attached hydrogen (secondary N) is 2. The first kappa shape index (κ1) is 23.1. The zero-order chi connectivity index (χ0) is 23.6. The van der Waals surface area contributed by atoms with Crippen molar-refractivity contribution in [2.24, 2.45) is 0 Å². The number of hydrogen-bond acceptors (Lipinski definition) is 7. The number of carbonyl (C=O) groups is 1. The summed E-state index contributed by atoms with van der Waals surface area (Å²) < 4.78 is 51.9. The van der Waals surface area contributed by atoms with Gasteiger partial charge in [-0.15, -0.1) is 0 Å². The number of rotatable bonds is 7. The number of halogens is 1. The number of nitrogens with zero attached hydrogens (tertiary/aromatic N) is 2. The molecule has 2 heterocycles. The maximum Gasteiger partial charge on any atom is 0.327 e. The molecule has 1 fully saturated rings. The summed E-state index contributed by atoms with van der Waals surface area (Å²) in [7, 11) is -2.25. The number of aromatic nitrogens is 1. The van der Waals surface area contributed by atoms with E-state index < -0.39 is 21.9 Å². The third-order valence-corrected chi connectivity index (χ3v) is 7.28. The summed E-state index contributed by atoms with van der Waals surface area (Å²) >= 11 is 1.07. The fourth-order valence-corrected chi connectivity index (χ4v) is 5.12. The number of hydrogen-bond donors (Lipinski definition) is 2. The Bertz CT molecular complexity index is 1280. The van der Waals surface area contributed by atoms with Crippen LogP contribution in [0, 0.1) is 12.7 Å². The van der Waals surface area contributed by atoms with Crippen molar-refractivity contribution in [3.63, 3.8) is 0 Å². The topological polar surface area (TPSA) is 110 Å². The summed E-state index contributed by atoms with van der Waals surface area (Å²) in [5.41, 5.74) is 0.940. The lowest BCUT2D eigenvalue weighted by molar-refractivity contribution is 0.00482. The highest BCUT2D eigenvalue weighted by Crippen LogP contribution is 2.31. The Morgan fingerprint density at radius 1 is 1.27 bits per heavy atom. The molecule has 0 bridgehead atoms. The van der Waals surface area contributed by atoms with Crippen LogP contribution in [0.4, 0.5) is 20.0 Å². The number of thiazole rings is 1. The van der Waals surface area contributed by atoms with Crippen LogP contribution in [0.3, 0.4) is 0 Å². The highest BCUT2D eigenvalue weighted by Gasteiger charge is 2.27. The van der Waals surface area contributed by atoms with Crippen LogP contribution in [0.5, 0.6) is 10.8 Å². The van der Waals surface area contributed by atoms with Gasteiger partial charge in [0.15, 0.2) is 5.13 Å².